The van der Waals surface area contributed by atoms with Gasteiger partial charge in [-0.25, -0.2) is 4.98 Å². The highest BCUT2D eigenvalue weighted by atomic mass is 16.1. The van der Waals surface area contributed by atoms with Crippen molar-refractivity contribution in [2.75, 3.05) is 25.5 Å². The summed E-state index contributed by atoms with van der Waals surface area (Å²) in [5.41, 5.74) is 6.04. The molecule has 0 aliphatic carbocycles. The van der Waals surface area contributed by atoms with Crippen LogP contribution in [-0.4, -0.2) is 36.1 Å². The quantitative estimate of drug-likeness (QED) is 0.520. The topological polar surface area (TPSA) is 50.2 Å². The summed E-state index contributed by atoms with van der Waals surface area (Å²) < 4.78 is 2.18. The molecule has 4 aromatic rings. The molecule has 3 aromatic carbocycles. The van der Waals surface area contributed by atoms with Gasteiger partial charge in [-0.05, 0) is 43.3 Å². The van der Waals surface area contributed by atoms with Gasteiger partial charge in [0.1, 0.15) is 5.82 Å². The number of imidazole rings is 1. The minimum Gasteiger partial charge on any atom is -0.378 e. The van der Waals surface area contributed by atoms with Gasteiger partial charge in [-0.2, -0.15) is 0 Å². The summed E-state index contributed by atoms with van der Waals surface area (Å²) in [6.07, 6.45) is 0. The summed E-state index contributed by atoms with van der Waals surface area (Å²) in [5.74, 6) is 0.849. The molecule has 0 aliphatic rings. The van der Waals surface area contributed by atoms with Crippen molar-refractivity contribution in [2.24, 2.45) is 0 Å². The number of carbonyl (C=O) groups is 1. The zero-order valence-electron chi connectivity index (χ0n) is 17.6. The van der Waals surface area contributed by atoms with Crippen molar-refractivity contribution in [3.05, 3.63) is 83.9 Å². The molecule has 0 aliphatic heterocycles. The fourth-order valence-corrected chi connectivity index (χ4v) is 3.52. The van der Waals surface area contributed by atoms with Crippen molar-refractivity contribution < 1.29 is 4.79 Å². The third-order valence-corrected chi connectivity index (χ3v) is 5.23. The summed E-state index contributed by atoms with van der Waals surface area (Å²) >= 11 is 0. The van der Waals surface area contributed by atoms with E-state index in [1.54, 1.807) is 0 Å². The Labute approximate surface area is 177 Å². The number of nitrogens with one attached hydrogen (secondary N) is 1. The first-order chi connectivity index (χ1) is 14.5. The monoisotopic (exact) mass is 398 g/mol. The molecule has 1 N–H and O–H groups in total. The number of fused-ring (bicyclic) bond motifs is 1. The molecule has 30 heavy (non-hydrogen) atoms. The second-order valence-electron chi connectivity index (χ2n) is 7.64. The molecule has 5 nitrogen and oxygen atoms in total. The van der Waals surface area contributed by atoms with E-state index < -0.39 is 0 Å². The van der Waals surface area contributed by atoms with Gasteiger partial charge in [-0.1, -0.05) is 42.0 Å². The zero-order chi connectivity index (χ0) is 21.1. The lowest BCUT2D eigenvalue weighted by Crippen LogP contribution is -2.27. The van der Waals surface area contributed by atoms with Gasteiger partial charge >= 0.3 is 0 Å². The summed E-state index contributed by atoms with van der Waals surface area (Å²) in [6, 6.07) is 24.1. The van der Waals surface area contributed by atoms with Crippen LogP contribution in [0.3, 0.4) is 0 Å². The standard InChI is InChI=1S/C25H26N4O/c1-18-8-10-19(11-9-18)24-27-22-6-4-5-7-23(22)29(24)17-16-26-25(30)20-12-14-21(15-13-20)28(2)3/h4-15H,16-17H2,1-3H3,(H,26,30). The SMILES string of the molecule is Cc1ccc(-c2nc3ccccc3n2CCNC(=O)c2ccc(N(C)C)cc2)cc1. The van der Waals surface area contributed by atoms with Crippen LogP contribution in [0.25, 0.3) is 22.4 Å². The van der Waals surface area contributed by atoms with Gasteiger partial charge in [-0.15, -0.1) is 0 Å². The van der Waals surface area contributed by atoms with Crippen molar-refractivity contribution in [1.29, 1.82) is 0 Å². The van der Waals surface area contributed by atoms with E-state index >= 15 is 0 Å². The number of aromatic nitrogens is 2. The number of amides is 1. The van der Waals surface area contributed by atoms with Crippen LogP contribution in [0.5, 0.6) is 0 Å². The highest BCUT2D eigenvalue weighted by Crippen LogP contribution is 2.25. The number of nitrogens with zero attached hydrogens (tertiary/aromatic N) is 3. The average molecular weight is 399 g/mol. The van der Waals surface area contributed by atoms with E-state index in [1.165, 1.54) is 5.56 Å². The molecular formula is C25H26N4O. The molecule has 0 radical (unpaired) electrons. The maximum absolute atomic E-state index is 12.6. The Hall–Kier alpha value is -3.60. The van der Waals surface area contributed by atoms with Gasteiger partial charge in [0.25, 0.3) is 5.91 Å². The predicted molar refractivity (Wildman–Crippen MR) is 123 cm³/mol. The van der Waals surface area contributed by atoms with Crippen molar-refractivity contribution >= 4 is 22.6 Å². The third-order valence-electron chi connectivity index (χ3n) is 5.23. The van der Waals surface area contributed by atoms with Gasteiger partial charge in [0.05, 0.1) is 11.0 Å². The van der Waals surface area contributed by atoms with E-state index in [1.807, 2.05) is 61.5 Å². The fourth-order valence-electron chi connectivity index (χ4n) is 3.52. The molecule has 0 bridgehead atoms. The minimum absolute atomic E-state index is 0.0680. The number of anilines is 1. The first kappa shape index (κ1) is 19.7. The molecule has 1 aromatic heterocycles. The number of rotatable bonds is 6. The Bertz CT molecular complexity index is 1160. The van der Waals surface area contributed by atoms with Gasteiger partial charge in [0, 0.05) is 44.0 Å². The van der Waals surface area contributed by atoms with E-state index in [2.05, 4.69) is 47.1 Å². The largest absolute Gasteiger partial charge is 0.378 e. The Morgan fingerprint density at radius 1 is 0.967 bits per heavy atom. The normalized spacial score (nSPS) is 10.9. The molecule has 0 saturated heterocycles. The van der Waals surface area contributed by atoms with Gasteiger partial charge in [0.15, 0.2) is 0 Å². The fraction of sp³-hybridized carbons (Fsp3) is 0.200. The van der Waals surface area contributed by atoms with Gasteiger partial charge in [0.2, 0.25) is 0 Å². The number of aryl methyl sites for hydroxylation is 1. The van der Waals surface area contributed by atoms with Crippen LogP contribution in [0.1, 0.15) is 15.9 Å². The number of para-hydroxylation sites is 2. The molecule has 0 fully saturated rings. The lowest BCUT2D eigenvalue weighted by Gasteiger charge is -2.13. The predicted octanol–water partition coefficient (Wildman–Crippen LogP) is 4.51. The first-order valence-corrected chi connectivity index (χ1v) is 10.1. The highest BCUT2D eigenvalue weighted by molar-refractivity contribution is 5.94. The molecule has 152 valence electrons. The Morgan fingerprint density at radius 2 is 1.67 bits per heavy atom. The van der Waals surface area contributed by atoms with Crippen LogP contribution in [-0.2, 0) is 6.54 Å². The van der Waals surface area contributed by atoms with Crippen LogP contribution >= 0.6 is 0 Å². The maximum atomic E-state index is 12.6. The minimum atomic E-state index is -0.0680. The zero-order valence-corrected chi connectivity index (χ0v) is 17.6. The molecule has 0 atom stereocenters. The molecule has 0 unspecified atom stereocenters. The molecule has 5 heteroatoms. The molecule has 1 amide bonds. The molecule has 0 saturated carbocycles. The number of hydrogen-bond acceptors (Lipinski definition) is 3. The van der Waals surface area contributed by atoms with Crippen molar-refractivity contribution in [2.45, 2.75) is 13.5 Å². The summed E-state index contributed by atoms with van der Waals surface area (Å²) in [5, 5.41) is 3.04. The molecule has 0 spiro atoms. The second-order valence-corrected chi connectivity index (χ2v) is 7.64. The Kier molecular flexibility index (Phi) is 5.53. The van der Waals surface area contributed by atoms with Crippen molar-refractivity contribution in [1.82, 2.24) is 14.9 Å². The van der Waals surface area contributed by atoms with Crippen LogP contribution in [0.2, 0.25) is 0 Å². The average Bonchev–Trinajstić information content (AvgIpc) is 3.13. The van der Waals surface area contributed by atoms with E-state index in [0.717, 1.165) is 28.1 Å². The Balaban J connectivity index is 1.52. The van der Waals surface area contributed by atoms with Gasteiger partial charge in [-0.3, -0.25) is 4.79 Å². The third kappa shape index (κ3) is 4.06. The molecule has 4 rings (SSSR count). The van der Waals surface area contributed by atoms with E-state index in [4.69, 9.17) is 4.98 Å². The summed E-state index contributed by atoms with van der Waals surface area (Å²) in [4.78, 5) is 19.4. The van der Waals surface area contributed by atoms with Gasteiger partial charge < -0.3 is 14.8 Å². The van der Waals surface area contributed by atoms with Crippen molar-refractivity contribution in [3.8, 4) is 11.4 Å². The van der Waals surface area contributed by atoms with Crippen LogP contribution in [0.15, 0.2) is 72.8 Å². The lowest BCUT2D eigenvalue weighted by molar-refractivity contribution is 0.0952. The molecular weight excluding hydrogens is 372 g/mol. The lowest BCUT2D eigenvalue weighted by atomic mass is 10.1. The smallest absolute Gasteiger partial charge is 0.251 e. The highest BCUT2D eigenvalue weighted by Gasteiger charge is 2.13. The first-order valence-electron chi connectivity index (χ1n) is 10.1. The number of hydrogen-bond donors (Lipinski definition) is 1. The second kappa shape index (κ2) is 8.41. The van der Waals surface area contributed by atoms with E-state index in [0.29, 0.717) is 18.7 Å². The van der Waals surface area contributed by atoms with Crippen LogP contribution in [0.4, 0.5) is 5.69 Å². The molecule has 1 heterocycles. The maximum Gasteiger partial charge on any atom is 0.251 e. The van der Waals surface area contributed by atoms with Crippen molar-refractivity contribution in [3.63, 3.8) is 0 Å². The van der Waals surface area contributed by atoms with Crippen LogP contribution < -0.4 is 10.2 Å². The van der Waals surface area contributed by atoms with Crippen LogP contribution in [0, 0.1) is 6.92 Å². The van der Waals surface area contributed by atoms with E-state index in [9.17, 15) is 4.79 Å². The number of carbonyl (C=O) groups excluding carboxylic acids is 1. The summed E-state index contributed by atoms with van der Waals surface area (Å²) in [6.45, 7) is 3.24. The number of benzene rings is 3. The Morgan fingerprint density at radius 3 is 2.37 bits per heavy atom. The van der Waals surface area contributed by atoms with E-state index in [-0.39, 0.29) is 5.91 Å². The summed E-state index contributed by atoms with van der Waals surface area (Å²) in [7, 11) is 3.96.